The van der Waals surface area contributed by atoms with Gasteiger partial charge < -0.3 is 4.74 Å². The van der Waals surface area contributed by atoms with Gasteiger partial charge in [0.05, 0.1) is 6.04 Å². The molecule has 0 spiro atoms. The highest BCUT2D eigenvalue weighted by Gasteiger charge is 2.40. The Morgan fingerprint density at radius 1 is 1.29 bits per heavy atom. The lowest BCUT2D eigenvalue weighted by molar-refractivity contribution is 0.0421. The van der Waals surface area contributed by atoms with Gasteiger partial charge in [-0.25, -0.2) is 5.43 Å². The molecule has 0 amide bonds. The van der Waals surface area contributed by atoms with Crippen LogP contribution in [0.25, 0.3) is 0 Å². The van der Waals surface area contributed by atoms with Crippen LogP contribution in [0.15, 0.2) is 30.3 Å². The van der Waals surface area contributed by atoms with E-state index in [4.69, 9.17) is 17.0 Å². The second-order valence-corrected chi connectivity index (χ2v) is 4.40. The Morgan fingerprint density at radius 3 is 2.47 bits per heavy atom. The molecule has 1 atom stereocenters. The van der Waals surface area contributed by atoms with E-state index in [0.29, 0.717) is 0 Å². The number of hydrazine groups is 1. The number of benzene rings is 1. The van der Waals surface area contributed by atoms with Crippen LogP contribution in [-0.2, 0) is 10.2 Å². The molecule has 0 saturated carbocycles. The molecule has 17 heavy (non-hydrogen) atoms. The van der Waals surface area contributed by atoms with Crippen molar-refractivity contribution < 1.29 is 4.74 Å². The molecule has 0 bridgehead atoms. The summed E-state index contributed by atoms with van der Waals surface area (Å²) in [6, 6.07) is 10.2. The highest BCUT2D eigenvalue weighted by atomic mass is 16.5. The maximum absolute atomic E-state index is 5.60. The van der Waals surface area contributed by atoms with Crippen molar-refractivity contribution in [2.24, 2.45) is 5.84 Å². The van der Waals surface area contributed by atoms with Gasteiger partial charge in [0.1, 0.15) is 0 Å². The molecule has 1 unspecified atom stereocenters. The average Bonchev–Trinajstić information content (AvgIpc) is 2.42. The number of hydrogen-bond acceptors (Lipinski definition) is 3. The SMILES string of the molecule is C#CC(NN)C1(c2ccccc2)CCOCC1. The molecule has 3 heteroatoms. The van der Waals surface area contributed by atoms with Crippen LogP contribution in [-0.4, -0.2) is 19.3 Å². The number of ether oxygens (including phenoxy) is 1. The first-order chi connectivity index (χ1) is 8.33. The molecule has 1 heterocycles. The maximum Gasteiger partial charge on any atom is 0.0912 e. The third kappa shape index (κ3) is 2.20. The van der Waals surface area contributed by atoms with Crippen molar-refractivity contribution in [3.05, 3.63) is 35.9 Å². The van der Waals surface area contributed by atoms with E-state index in [1.165, 1.54) is 5.56 Å². The van der Waals surface area contributed by atoms with Gasteiger partial charge >= 0.3 is 0 Å². The Labute approximate surface area is 102 Å². The predicted octanol–water partition coefficient (Wildman–Crippen LogP) is 1.20. The monoisotopic (exact) mass is 230 g/mol. The van der Waals surface area contributed by atoms with Crippen molar-refractivity contribution in [1.82, 2.24) is 5.43 Å². The van der Waals surface area contributed by atoms with Gasteiger partial charge in [0.15, 0.2) is 0 Å². The molecule has 90 valence electrons. The van der Waals surface area contributed by atoms with Gasteiger partial charge in [-0.2, -0.15) is 0 Å². The molecule has 1 aliphatic rings. The van der Waals surface area contributed by atoms with Crippen LogP contribution in [0.5, 0.6) is 0 Å². The average molecular weight is 230 g/mol. The molecule has 1 aromatic rings. The van der Waals surface area contributed by atoms with Crippen LogP contribution in [0.2, 0.25) is 0 Å². The summed E-state index contributed by atoms with van der Waals surface area (Å²) < 4.78 is 5.45. The fourth-order valence-corrected chi connectivity index (χ4v) is 2.62. The highest BCUT2D eigenvalue weighted by molar-refractivity contribution is 5.32. The molecule has 3 nitrogen and oxygen atoms in total. The van der Waals surface area contributed by atoms with Gasteiger partial charge in [-0.1, -0.05) is 36.3 Å². The lowest BCUT2D eigenvalue weighted by atomic mass is 9.69. The standard InChI is InChI=1S/C14H18N2O/c1-2-13(16-15)14(8-10-17-11-9-14)12-6-4-3-5-7-12/h1,3-7,13,16H,8-11,15H2. The van der Waals surface area contributed by atoms with Crippen LogP contribution in [0, 0.1) is 12.3 Å². The fourth-order valence-electron chi connectivity index (χ4n) is 2.62. The van der Waals surface area contributed by atoms with Gasteiger partial charge in [-0.3, -0.25) is 5.84 Å². The zero-order valence-electron chi connectivity index (χ0n) is 9.86. The summed E-state index contributed by atoms with van der Waals surface area (Å²) in [5.41, 5.74) is 3.90. The van der Waals surface area contributed by atoms with E-state index in [-0.39, 0.29) is 11.5 Å². The van der Waals surface area contributed by atoms with Crippen molar-refractivity contribution >= 4 is 0 Å². The zero-order valence-corrected chi connectivity index (χ0v) is 9.86. The normalized spacial score (nSPS) is 20.5. The summed E-state index contributed by atoms with van der Waals surface area (Å²) in [7, 11) is 0. The van der Waals surface area contributed by atoms with Gasteiger partial charge in [0.2, 0.25) is 0 Å². The highest BCUT2D eigenvalue weighted by Crippen LogP contribution is 2.37. The molecular formula is C14H18N2O. The van der Waals surface area contributed by atoms with E-state index < -0.39 is 0 Å². The van der Waals surface area contributed by atoms with E-state index in [1.807, 2.05) is 18.2 Å². The Bertz CT molecular complexity index is 390. The molecule has 0 aromatic heterocycles. The molecule has 1 fully saturated rings. The Morgan fingerprint density at radius 2 is 1.94 bits per heavy atom. The lowest BCUT2D eigenvalue weighted by Gasteiger charge is -2.41. The topological polar surface area (TPSA) is 47.3 Å². The number of rotatable bonds is 3. The number of terminal acetylenes is 1. The van der Waals surface area contributed by atoms with Crippen molar-refractivity contribution in [3.63, 3.8) is 0 Å². The summed E-state index contributed by atoms with van der Waals surface area (Å²) >= 11 is 0. The quantitative estimate of drug-likeness (QED) is 0.466. The molecule has 1 aliphatic heterocycles. The predicted molar refractivity (Wildman–Crippen MR) is 68.1 cm³/mol. The summed E-state index contributed by atoms with van der Waals surface area (Å²) in [6.07, 6.45) is 7.40. The molecular weight excluding hydrogens is 212 g/mol. The molecule has 0 aliphatic carbocycles. The largest absolute Gasteiger partial charge is 0.381 e. The lowest BCUT2D eigenvalue weighted by Crippen LogP contribution is -2.53. The third-order valence-electron chi connectivity index (χ3n) is 3.62. The minimum Gasteiger partial charge on any atom is -0.381 e. The van der Waals surface area contributed by atoms with E-state index >= 15 is 0 Å². The van der Waals surface area contributed by atoms with Crippen LogP contribution < -0.4 is 11.3 Å². The fraction of sp³-hybridized carbons (Fsp3) is 0.429. The zero-order chi connectivity index (χ0) is 12.1. The van der Waals surface area contributed by atoms with E-state index in [0.717, 1.165) is 26.1 Å². The summed E-state index contributed by atoms with van der Waals surface area (Å²) in [5.74, 6) is 8.37. The summed E-state index contributed by atoms with van der Waals surface area (Å²) in [5, 5.41) is 0. The Hall–Kier alpha value is -1.34. The van der Waals surface area contributed by atoms with Crippen molar-refractivity contribution in [3.8, 4) is 12.3 Å². The second-order valence-electron chi connectivity index (χ2n) is 4.40. The first-order valence-corrected chi connectivity index (χ1v) is 5.89. The maximum atomic E-state index is 5.60. The molecule has 2 rings (SSSR count). The second kappa shape index (κ2) is 5.33. The van der Waals surface area contributed by atoms with Gasteiger partial charge in [-0.05, 0) is 18.4 Å². The van der Waals surface area contributed by atoms with Gasteiger partial charge in [-0.15, -0.1) is 6.42 Å². The smallest absolute Gasteiger partial charge is 0.0912 e. The number of hydrogen-bond donors (Lipinski definition) is 2. The minimum absolute atomic E-state index is 0.108. The number of nitrogens with two attached hydrogens (primary N) is 1. The molecule has 0 radical (unpaired) electrons. The first kappa shape index (κ1) is 12.1. The Balaban J connectivity index is 2.40. The van der Waals surface area contributed by atoms with E-state index in [2.05, 4.69) is 23.5 Å². The van der Waals surface area contributed by atoms with Crippen LogP contribution in [0.1, 0.15) is 18.4 Å². The van der Waals surface area contributed by atoms with Crippen molar-refractivity contribution in [2.45, 2.75) is 24.3 Å². The molecule has 1 aromatic carbocycles. The van der Waals surface area contributed by atoms with E-state index in [1.54, 1.807) is 0 Å². The minimum atomic E-state index is -0.159. The van der Waals surface area contributed by atoms with Crippen molar-refractivity contribution in [2.75, 3.05) is 13.2 Å². The summed E-state index contributed by atoms with van der Waals surface area (Å²) in [4.78, 5) is 0. The summed E-state index contributed by atoms with van der Waals surface area (Å²) in [6.45, 7) is 1.46. The molecule has 1 saturated heterocycles. The number of nitrogens with one attached hydrogen (secondary N) is 1. The van der Waals surface area contributed by atoms with Crippen LogP contribution >= 0.6 is 0 Å². The molecule has 3 N–H and O–H groups in total. The first-order valence-electron chi connectivity index (χ1n) is 5.89. The van der Waals surface area contributed by atoms with Gasteiger partial charge in [0.25, 0.3) is 0 Å². The van der Waals surface area contributed by atoms with E-state index in [9.17, 15) is 0 Å². The van der Waals surface area contributed by atoms with Crippen LogP contribution in [0.3, 0.4) is 0 Å². The third-order valence-corrected chi connectivity index (χ3v) is 3.62. The van der Waals surface area contributed by atoms with Crippen LogP contribution in [0.4, 0.5) is 0 Å². The van der Waals surface area contributed by atoms with Gasteiger partial charge in [0, 0.05) is 18.6 Å². The Kier molecular flexibility index (Phi) is 3.80. The van der Waals surface area contributed by atoms with Crippen molar-refractivity contribution in [1.29, 1.82) is 0 Å².